The third-order valence-electron chi connectivity index (χ3n) is 3.87. The summed E-state index contributed by atoms with van der Waals surface area (Å²) >= 11 is 0. The zero-order valence-corrected chi connectivity index (χ0v) is 12.0. The van der Waals surface area contributed by atoms with Gasteiger partial charge in [-0.25, -0.2) is 0 Å². The third kappa shape index (κ3) is 2.61. The molecule has 0 unspecified atom stereocenters. The number of aromatic amines is 1. The fourth-order valence-electron chi connectivity index (χ4n) is 2.57. The van der Waals surface area contributed by atoms with Gasteiger partial charge in [0.1, 0.15) is 0 Å². The number of aryl methyl sites for hydroxylation is 2. The number of H-pyrrole nitrogens is 1. The van der Waals surface area contributed by atoms with Crippen LogP contribution in [0.2, 0.25) is 0 Å². The number of hydrogen-bond donors (Lipinski definition) is 2. The fraction of sp³-hybridized carbons (Fsp3) is 0.222. The van der Waals surface area contributed by atoms with Gasteiger partial charge in [0.15, 0.2) is 0 Å². The molecule has 2 aromatic carbocycles. The molecule has 102 valence electrons. The molecule has 0 fully saturated rings. The molecule has 0 aliphatic heterocycles. The largest absolute Gasteiger partial charge is 0.358 e. The van der Waals surface area contributed by atoms with Crippen LogP contribution in [0, 0.1) is 13.8 Å². The lowest BCUT2D eigenvalue weighted by molar-refractivity contribution is 0.694. The highest BCUT2D eigenvalue weighted by Crippen LogP contribution is 2.22. The van der Waals surface area contributed by atoms with Gasteiger partial charge >= 0.3 is 0 Å². The van der Waals surface area contributed by atoms with Gasteiger partial charge < -0.3 is 10.3 Å². The summed E-state index contributed by atoms with van der Waals surface area (Å²) in [5, 5.41) is 4.83. The lowest BCUT2D eigenvalue weighted by Gasteiger charge is -2.05. The Labute approximate surface area is 119 Å². The number of rotatable bonds is 4. The molecule has 3 rings (SSSR count). The SMILES string of the molecule is Cc1[nH]c2ccc(CNCc3ccccc3)cc2c1C. The molecule has 0 bridgehead atoms. The smallest absolute Gasteiger partial charge is 0.0458 e. The first-order valence-corrected chi connectivity index (χ1v) is 7.06. The molecule has 2 N–H and O–H groups in total. The molecule has 0 saturated heterocycles. The maximum absolute atomic E-state index is 3.50. The second-order valence-corrected chi connectivity index (χ2v) is 5.34. The number of benzene rings is 2. The first kappa shape index (κ1) is 12.9. The summed E-state index contributed by atoms with van der Waals surface area (Å²) in [4.78, 5) is 3.42. The molecule has 0 amide bonds. The Bertz CT molecular complexity index is 711. The van der Waals surface area contributed by atoms with E-state index in [0.29, 0.717) is 0 Å². The highest BCUT2D eigenvalue weighted by Gasteiger charge is 2.04. The van der Waals surface area contributed by atoms with Crippen molar-refractivity contribution in [2.45, 2.75) is 26.9 Å². The van der Waals surface area contributed by atoms with Gasteiger partial charge in [-0.1, -0.05) is 36.4 Å². The van der Waals surface area contributed by atoms with Crippen molar-refractivity contribution in [1.82, 2.24) is 10.3 Å². The molecule has 0 saturated carbocycles. The predicted octanol–water partition coefficient (Wildman–Crippen LogP) is 4.07. The van der Waals surface area contributed by atoms with Gasteiger partial charge in [-0.2, -0.15) is 0 Å². The van der Waals surface area contributed by atoms with Crippen LogP contribution in [0.3, 0.4) is 0 Å². The molecule has 20 heavy (non-hydrogen) atoms. The second-order valence-electron chi connectivity index (χ2n) is 5.34. The highest BCUT2D eigenvalue weighted by atomic mass is 14.8. The number of nitrogens with one attached hydrogen (secondary N) is 2. The lowest BCUT2D eigenvalue weighted by atomic mass is 10.1. The van der Waals surface area contributed by atoms with Crippen LogP contribution in [0.4, 0.5) is 0 Å². The standard InChI is InChI=1S/C18H20N2/c1-13-14(2)20-18-9-8-16(10-17(13)18)12-19-11-15-6-4-3-5-7-15/h3-10,19-20H,11-12H2,1-2H3. The van der Waals surface area contributed by atoms with Crippen LogP contribution in [0.15, 0.2) is 48.5 Å². The van der Waals surface area contributed by atoms with Crippen LogP contribution in [-0.4, -0.2) is 4.98 Å². The van der Waals surface area contributed by atoms with Gasteiger partial charge in [-0.05, 0) is 42.7 Å². The van der Waals surface area contributed by atoms with Crippen molar-refractivity contribution in [2.75, 3.05) is 0 Å². The van der Waals surface area contributed by atoms with E-state index in [1.165, 1.54) is 33.3 Å². The van der Waals surface area contributed by atoms with Gasteiger partial charge in [0.2, 0.25) is 0 Å². The van der Waals surface area contributed by atoms with Crippen LogP contribution in [0.1, 0.15) is 22.4 Å². The van der Waals surface area contributed by atoms with E-state index in [1.807, 2.05) is 0 Å². The van der Waals surface area contributed by atoms with Gasteiger partial charge in [-0.15, -0.1) is 0 Å². The molecule has 2 nitrogen and oxygen atoms in total. The van der Waals surface area contributed by atoms with Gasteiger partial charge in [0.05, 0.1) is 0 Å². The predicted molar refractivity (Wildman–Crippen MR) is 84.8 cm³/mol. The molecule has 0 aliphatic rings. The van der Waals surface area contributed by atoms with Crippen molar-refractivity contribution in [1.29, 1.82) is 0 Å². The third-order valence-corrected chi connectivity index (χ3v) is 3.87. The maximum atomic E-state index is 3.50. The molecule has 0 radical (unpaired) electrons. The Morgan fingerprint density at radius 3 is 2.45 bits per heavy atom. The Hall–Kier alpha value is -2.06. The van der Waals surface area contributed by atoms with Crippen molar-refractivity contribution in [3.63, 3.8) is 0 Å². The minimum Gasteiger partial charge on any atom is -0.358 e. The van der Waals surface area contributed by atoms with E-state index in [0.717, 1.165) is 13.1 Å². The molecule has 0 spiro atoms. The number of fused-ring (bicyclic) bond motifs is 1. The number of aromatic nitrogens is 1. The second kappa shape index (κ2) is 5.51. The van der Waals surface area contributed by atoms with E-state index in [-0.39, 0.29) is 0 Å². The van der Waals surface area contributed by atoms with Crippen LogP contribution < -0.4 is 5.32 Å². The number of hydrogen-bond acceptors (Lipinski definition) is 1. The van der Waals surface area contributed by atoms with E-state index < -0.39 is 0 Å². The summed E-state index contributed by atoms with van der Waals surface area (Å²) < 4.78 is 0. The zero-order chi connectivity index (χ0) is 13.9. The van der Waals surface area contributed by atoms with Crippen molar-refractivity contribution < 1.29 is 0 Å². The first-order chi connectivity index (χ1) is 9.74. The molecule has 1 heterocycles. The molecule has 3 aromatic rings. The molecule has 2 heteroatoms. The zero-order valence-electron chi connectivity index (χ0n) is 12.0. The van der Waals surface area contributed by atoms with E-state index in [1.54, 1.807) is 0 Å². The van der Waals surface area contributed by atoms with Crippen LogP contribution in [0.25, 0.3) is 10.9 Å². The monoisotopic (exact) mass is 264 g/mol. The quantitative estimate of drug-likeness (QED) is 0.730. The molecular formula is C18H20N2. The van der Waals surface area contributed by atoms with E-state index in [2.05, 4.69) is 72.7 Å². The normalized spacial score (nSPS) is 11.1. The highest BCUT2D eigenvalue weighted by molar-refractivity contribution is 5.84. The van der Waals surface area contributed by atoms with Crippen molar-refractivity contribution in [3.8, 4) is 0 Å². The van der Waals surface area contributed by atoms with Gasteiger partial charge in [-0.3, -0.25) is 0 Å². The van der Waals surface area contributed by atoms with Crippen LogP contribution in [-0.2, 0) is 13.1 Å². The maximum Gasteiger partial charge on any atom is 0.0458 e. The molecule has 0 aliphatic carbocycles. The van der Waals surface area contributed by atoms with Crippen molar-refractivity contribution in [2.24, 2.45) is 0 Å². The topological polar surface area (TPSA) is 27.8 Å². The summed E-state index contributed by atoms with van der Waals surface area (Å²) in [5.74, 6) is 0. The Morgan fingerprint density at radius 2 is 1.65 bits per heavy atom. The van der Waals surface area contributed by atoms with E-state index in [9.17, 15) is 0 Å². The molecule has 0 atom stereocenters. The molecule has 1 aromatic heterocycles. The Morgan fingerprint density at radius 1 is 0.900 bits per heavy atom. The molecular weight excluding hydrogens is 244 g/mol. The Kier molecular flexibility index (Phi) is 3.57. The summed E-state index contributed by atoms with van der Waals surface area (Å²) in [6, 6.07) is 17.2. The summed E-state index contributed by atoms with van der Waals surface area (Å²) in [7, 11) is 0. The lowest BCUT2D eigenvalue weighted by Crippen LogP contribution is -2.12. The van der Waals surface area contributed by atoms with E-state index >= 15 is 0 Å². The fourth-order valence-corrected chi connectivity index (χ4v) is 2.57. The summed E-state index contributed by atoms with van der Waals surface area (Å²) in [6.07, 6.45) is 0. The minimum absolute atomic E-state index is 0.897. The Balaban J connectivity index is 1.70. The van der Waals surface area contributed by atoms with Crippen LogP contribution in [0.5, 0.6) is 0 Å². The van der Waals surface area contributed by atoms with E-state index in [4.69, 9.17) is 0 Å². The first-order valence-electron chi connectivity index (χ1n) is 7.06. The summed E-state index contributed by atoms with van der Waals surface area (Å²) in [5.41, 5.74) is 6.49. The average molecular weight is 264 g/mol. The van der Waals surface area contributed by atoms with Gasteiger partial charge in [0.25, 0.3) is 0 Å². The average Bonchev–Trinajstić information content (AvgIpc) is 2.76. The van der Waals surface area contributed by atoms with Crippen molar-refractivity contribution in [3.05, 3.63) is 70.9 Å². The summed E-state index contributed by atoms with van der Waals surface area (Å²) in [6.45, 7) is 6.11. The van der Waals surface area contributed by atoms with Gasteiger partial charge in [0, 0.05) is 29.7 Å². The van der Waals surface area contributed by atoms with Crippen LogP contribution >= 0.6 is 0 Å². The minimum atomic E-state index is 0.897. The van der Waals surface area contributed by atoms with Crippen molar-refractivity contribution >= 4 is 10.9 Å².